The van der Waals surface area contributed by atoms with E-state index in [2.05, 4.69) is 15.5 Å². The van der Waals surface area contributed by atoms with Crippen molar-refractivity contribution in [3.63, 3.8) is 0 Å². The summed E-state index contributed by atoms with van der Waals surface area (Å²) < 4.78 is 10.6. The molecule has 1 saturated heterocycles. The van der Waals surface area contributed by atoms with E-state index in [4.69, 9.17) is 9.26 Å². The second-order valence-electron chi connectivity index (χ2n) is 3.39. The molecular formula is C8H15ClN4O2. The van der Waals surface area contributed by atoms with Crippen LogP contribution in [0, 0.1) is 0 Å². The first kappa shape index (κ1) is 12.2. The fourth-order valence-electron chi connectivity index (χ4n) is 1.26. The van der Waals surface area contributed by atoms with Gasteiger partial charge in [0.15, 0.2) is 0 Å². The SMILES string of the molecule is CN(C)c1noc([C@H]2CNCCO2)n1.Cl. The maximum Gasteiger partial charge on any atom is 0.265 e. The Bertz CT molecular complexity index is 299. The lowest BCUT2D eigenvalue weighted by Gasteiger charge is -2.19. The Morgan fingerprint density at radius 2 is 2.27 bits per heavy atom. The molecule has 0 aromatic carbocycles. The molecule has 0 spiro atoms. The van der Waals surface area contributed by atoms with Crippen LogP contribution < -0.4 is 10.2 Å². The lowest BCUT2D eigenvalue weighted by Crippen LogP contribution is -2.33. The Balaban J connectivity index is 0.00000112. The summed E-state index contributed by atoms with van der Waals surface area (Å²) in [5, 5.41) is 7.03. The van der Waals surface area contributed by atoms with Crippen LogP contribution in [0.4, 0.5) is 5.95 Å². The number of ether oxygens (including phenoxy) is 1. The van der Waals surface area contributed by atoms with Crippen molar-refractivity contribution in [1.82, 2.24) is 15.5 Å². The van der Waals surface area contributed by atoms with Gasteiger partial charge in [-0.15, -0.1) is 12.4 Å². The van der Waals surface area contributed by atoms with E-state index in [1.54, 1.807) is 4.90 Å². The van der Waals surface area contributed by atoms with Gasteiger partial charge in [-0.3, -0.25) is 0 Å². The molecule has 0 aliphatic carbocycles. The molecular weight excluding hydrogens is 220 g/mol. The van der Waals surface area contributed by atoms with Crippen molar-refractivity contribution < 1.29 is 9.26 Å². The van der Waals surface area contributed by atoms with Crippen LogP contribution in [0.1, 0.15) is 12.0 Å². The summed E-state index contributed by atoms with van der Waals surface area (Å²) in [4.78, 5) is 6.01. The highest BCUT2D eigenvalue weighted by atomic mass is 35.5. The molecule has 0 unspecified atom stereocenters. The number of nitrogens with zero attached hydrogens (tertiary/aromatic N) is 3. The van der Waals surface area contributed by atoms with Crippen LogP contribution in [0.2, 0.25) is 0 Å². The van der Waals surface area contributed by atoms with E-state index < -0.39 is 0 Å². The van der Waals surface area contributed by atoms with Crippen LogP contribution in [0.15, 0.2) is 4.52 Å². The van der Waals surface area contributed by atoms with Gasteiger partial charge >= 0.3 is 0 Å². The van der Waals surface area contributed by atoms with Gasteiger partial charge in [-0.2, -0.15) is 4.98 Å². The van der Waals surface area contributed by atoms with Gasteiger partial charge in [-0.25, -0.2) is 0 Å². The molecule has 0 radical (unpaired) electrons. The Morgan fingerprint density at radius 1 is 1.47 bits per heavy atom. The van der Waals surface area contributed by atoms with Gasteiger partial charge in [0.1, 0.15) is 6.10 Å². The summed E-state index contributed by atoms with van der Waals surface area (Å²) in [5.41, 5.74) is 0. The van der Waals surface area contributed by atoms with Gasteiger partial charge in [0.05, 0.1) is 6.61 Å². The van der Waals surface area contributed by atoms with Crippen molar-refractivity contribution in [2.24, 2.45) is 0 Å². The molecule has 86 valence electrons. The van der Waals surface area contributed by atoms with Crippen molar-refractivity contribution >= 4 is 18.4 Å². The largest absolute Gasteiger partial charge is 0.366 e. The van der Waals surface area contributed by atoms with E-state index in [9.17, 15) is 0 Å². The van der Waals surface area contributed by atoms with Crippen molar-refractivity contribution in [3.8, 4) is 0 Å². The molecule has 6 nitrogen and oxygen atoms in total. The van der Waals surface area contributed by atoms with Crippen LogP contribution >= 0.6 is 12.4 Å². The van der Waals surface area contributed by atoms with Gasteiger partial charge in [-0.05, 0) is 5.16 Å². The van der Waals surface area contributed by atoms with E-state index in [0.29, 0.717) is 18.4 Å². The molecule has 2 heterocycles. The number of rotatable bonds is 2. The fraction of sp³-hybridized carbons (Fsp3) is 0.750. The van der Waals surface area contributed by atoms with Crippen molar-refractivity contribution in [2.75, 3.05) is 38.7 Å². The molecule has 1 fully saturated rings. The highest BCUT2D eigenvalue weighted by Gasteiger charge is 2.22. The van der Waals surface area contributed by atoms with E-state index in [1.165, 1.54) is 0 Å². The van der Waals surface area contributed by atoms with Crippen LogP contribution in [-0.4, -0.2) is 43.9 Å². The van der Waals surface area contributed by atoms with E-state index in [-0.39, 0.29) is 18.5 Å². The second kappa shape index (κ2) is 5.29. The predicted octanol–water partition coefficient (Wildman–Crippen LogP) is 0.218. The topological polar surface area (TPSA) is 63.4 Å². The minimum Gasteiger partial charge on any atom is -0.366 e. The summed E-state index contributed by atoms with van der Waals surface area (Å²) >= 11 is 0. The van der Waals surface area contributed by atoms with Crippen molar-refractivity contribution in [3.05, 3.63) is 5.89 Å². The molecule has 1 aromatic heterocycles. The van der Waals surface area contributed by atoms with Crippen LogP contribution in [0.25, 0.3) is 0 Å². The number of morpholine rings is 1. The van der Waals surface area contributed by atoms with Gasteiger partial charge in [-0.1, -0.05) is 0 Å². The minimum atomic E-state index is -0.107. The molecule has 0 saturated carbocycles. The quantitative estimate of drug-likeness (QED) is 0.790. The molecule has 0 amide bonds. The Kier molecular flexibility index (Phi) is 4.31. The number of hydrogen-bond donors (Lipinski definition) is 1. The summed E-state index contributed by atoms with van der Waals surface area (Å²) in [6, 6.07) is 0. The molecule has 15 heavy (non-hydrogen) atoms. The Morgan fingerprint density at radius 3 is 2.80 bits per heavy atom. The summed E-state index contributed by atoms with van der Waals surface area (Å²) in [5.74, 6) is 1.12. The number of anilines is 1. The van der Waals surface area contributed by atoms with Gasteiger partial charge in [0.25, 0.3) is 11.8 Å². The highest BCUT2D eigenvalue weighted by molar-refractivity contribution is 5.85. The first-order valence-corrected chi connectivity index (χ1v) is 4.60. The third-order valence-electron chi connectivity index (χ3n) is 2.03. The maximum atomic E-state index is 5.48. The number of hydrogen-bond acceptors (Lipinski definition) is 6. The highest BCUT2D eigenvalue weighted by Crippen LogP contribution is 2.18. The molecule has 1 aliphatic rings. The molecule has 1 N–H and O–H groups in total. The lowest BCUT2D eigenvalue weighted by molar-refractivity contribution is 0.00755. The van der Waals surface area contributed by atoms with Crippen molar-refractivity contribution in [1.29, 1.82) is 0 Å². The molecule has 0 bridgehead atoms. The normalized spacial score (nSPS) is 20.8. The standard InChI is InChI=1S/C8H14N4O2.ClH/c1-12(2)8-10-7(14-11-8)6-5-9-3-4-13-6;/h6,9H,3-5H2,1-2H3;1H/t6-;/m1./s1. The molecule has 1 atom stereocenters. The maximum absolute atomic E-state index is 5.48. The van der Waals surface area contributed by atoms with Gasteiger partial charge in [0.2, 0.25) is 0 Å². The average molecular weight is 235 g/mol. The fourth-order valence-corrected chi connectivity index (χ4v) is 1.26. The number of halogens is 1. The van der Waals surface area contributed by atoms with Gasteiger partial charge < -0.3 is 19.5 Å². The predicted molar refractivity (Wildman–Crippen MR) is 57.4 cm³/mol. The first-order valence-electron chi connectivity index (χ1n) is 4.60. The third-order valence-corrected chi connectivity index (χ3v) is 2.03. The summed E-state index contributed by atoms with van der Waals surface area (Å²) in [6.45, 7) is 2.30. The second-order valence-corrected chi connectivity index (χ2v) is 3.39. The summed E-state index contributed by atoms with van der Waals surface area (Å²) in [7, 11) is 3.74. The van der Waals surface area contributed by atoms with Crippen molar-refractivity contribution in [2.45, 2.75) is 6.10 Å². The van der Waals surface area contributed by atoms with E-state index in [1.807, 2.05) is 14.1 Å². The minimum absolute atomic E-state index is 0. The molecule has 1 aromatic rings. The van der Waals surface area contributed by atoms with Gasteiger partial charge in [0, 0.05) is 27.2 Å². The molecule has 7 heteroatoms. The Labute approximate surface area is 94.4 Å². The smallest absolute Gasteiger partial charge is 0.265 e. The zero-order chi connectivity index (χ0) is 9.97. The Hall–Kier alpha value is -0.850. The number of aromatic nitrogens is 2. The zero-order valence-corrected chi connectivity index (χ0v) is 9.58. The first-order chi connectivity index (χ1) is 6.77. The third kappa shape index (κ3) is 2.80. The van der Waals surface area contributed by atoms with E-state index >= 15 is 0 Å². The van der Waals surface area contributed by atoms with Crippen LogP contribution in [0.5, 0.6) is 0 Å². The van der Waals surface area contributed by atoms with E-state index in [0.717, 1.165) is 13.1 Å². The molecule has 1 aliphatic heterocycles. The average Bonchev–Trinajstić information content (AvgIpc) is 2.68. The monoisotopic (exact) mass is 234 g/mol. The lowest BCUT2D eigenvalue weighted by atomic mass is 10.3. The zero-order valence-electron chi connectivity index (χ0n) is 8.77. The molecule has 2 rings (SSSR count). The summed E-state index contributed by atoms with van der Waals surface area (Å²) in [6.07, 6.45) is -0.107. The number of nitrogens with one attached hydrogen (secondary N) is 1. The van der Waals surface area contributed by atoms with Crippen LogP contribution in [0.3, 0.4) is 0 Å². The van der Waals surface area contributed by atoms with Crippen LogP contribution in [-0.2, 0) is 4.74 Å².